The molecule has 170 valence electrons. The second-order valence-electron chi connectivity index (χ2n) is 6.93. The van der Waals surface area contributed by atoms with Crippen molar-refractivity contribution in [2.45, 2.75) is 6.54 Å². The van der Waals surface area contributed by atoms with Gasteiger partial charge in [-0.25, -0.2) is 4.79 Å². The van der Waals surface area contributed by atoms with Crippen LogP contribution in [0.2, 0.25) is 0 Å². The summed E-state index contributed by atoms with van der Waals surface area (Å²) >= 11 is 0. The fraction of sp³-hybridized carbons (Fsp3) is 0.160. The number of nitrogens with one attached hydrogen (secondary N) is 1. The van der Waals surface area contributed by atoms with Crippen molar-refractivity contribution in [3.63, 3.8) is 0 Å². The molecule has 2 amide bonds. The third-order valence-electron chi connectivity index (χ3n) is 4.67. The van der Waals surface area contributed by atoms with E-state index in [0.717, 1.165) is 0 Å². The van der Waals surface area contributed by atoms with Crippen LogP contribution in [0.4, 0.5) is 5.69 Å². The summed E-state index contributed by atoms with van der Waals surface area (Å²) in [4.78, 5) is 38.8. The van der Waals surface area contributed by atoms with Gasteiger partial charge in [0.05, 0.1) is 29.6 Å². The molecule has 0 spiro atoms. The summed E-state index contributed by atoms with van der Waals surface area (Å²) in [6, 6.07) is 16.5. The average Bonchev–Trinajstić information content (AvgIpc) is 3.38. The lowest BCUT2D eigenvalue weighted by atomic mass is 10.1. The van der Waals surface area contributed by atoms with Gasteiger partial charge < -0.3 is 24.1 Å². The second-order valence-corrected chi connectivity index (χ2v) is 6.93. The van der Waals surface area contributed by atoms with Gasteiger partial charge in [-0.2, -0.15) is 0 Å². The van der Waals surface area contributed by atoms with Crippen molar-refractivity contribution in [1.29, 1.82) is 0 Å². The number of carbonyl (C=O) groups excluding carboxylic acids is 3. The number of hydrogen-bond donors (Lipinski definition) is 1. The van der Waals surface area contributed by atoms with Crippen LogP contribution in [0.1, 0.15) is 26.5 Å². The van der Waals surface area contributed by atoms with Gasteiger partial charge in [0.2, 0.25) is 0 Å². The fourth-order valence-corrected chi connectivity index (χ4v) is 2.92. The van der Waals surface area contributed by atoms with Gasteiger partial charge >= 0.3 is 5.97 Å². The maximum atomic E-state index is 12.6. The van der Waals surface area contributed by atoms with Crippen molar-refractivity contribution in [2.24, 2.45) is 0 Å². The predicted molar refractivity (Wildman–Crippen MR) is 122 cm³/mol. The van der Waals surface area contributed by atoms with E-state index in [1.165, 1.54) is 18.2 Å². The van der Waals surface area contributed by atoms with E-state index in [-0.39, 0.29) is 18.0 Å². The van der Waals surface area contributed by atoms with Crippen LogP contribution in [0.5, 0.6) is 5.75 Å². The minimum absolute atomic E-state index is 0.215. The first-order valence-corrected chi connectivity index (χ1v) is 10.2. The minimum Gasteiger partial charge on any atom is -0.490 e. The van der Waals surface area contributed by atoms with E-state index in [9.17, 15) is 14.4 Å². The number of furan rings is 1. The van der Waals surface area contributed by atoms with Gasteiger partial charge in [0.1, 0.15) is 18.1 Å². The number of esters is 1. The molecule has 0 saturated heterocycles. The first-order valence-electron chi connectivity index (χ1n) is 10.2. The van der Waals surface area contributed by atoms with Crippen molar-refractivity contribution >= 4 is 23.5 Å². The number of para-hydroxylation sites is 1. The molecular formula is C25H24N2O6. The monoisotopic (exact) mass is 448 g/mol. The fourth-order valence-electron chi connectivity index (χ4n) is 2.92. The highest BCUT2D eigenvalue weighted by atomic mass is 16.5. The Labute approximate surface area is 191 Å². The van der Waals surface area contributed by atoms with Crippen LogP contribution < -0.4 is 15.0 Å². The summed E-state index contributed by atoms with van der Waals surface area (Å²) in [5.41, 5.74) is 0.981. The lowest BCUT2D eigenvalue weighted by molar-refractivity contribution is -0.121. The van der Waals surface area contributed by atoms with E-state index in [4.69, 9.17) is 13.9 Å². The number of carbonyl (C=O) groups is 3. The van der Waals surface area contributed by atoms with Gasteiger partial charge in [0, 0.05) is 7.05 Å². The van der Waals surface area contributed by atoms with E-state index in [0.29, 0.717) is 29.4 Å². The molecule has 1 N–H and O–H groups in total. The Kier molecular flexibility index (Phi) is 8.02. The van der Waals surface area contributed by atoms with Crippen LogP contribution in [0.3, 0.4) is 0 Å². The Balaban J connectivity index is 1.58. The van der Waals surface area contributed by atoms with Crippen LogP contribution in [0.25, 0.3) is 0 Å². The normalized spacial score (nSPS) is 10.2. The second kappa shape index (κ2) is 11.3. The molecule has 0 atom stereocenters. The molecule has 0 aliphatic heterocycles. The zero-order valence-electron chi connectivity index (χ0n) is 18.2. The molecule has 3 rings (SSSR count). The Morgan fingerprint density at radius 3 is 2.52 bits per heavy atom. The maximum Gasteiger partial charge on any atom is 0.338 e. The molecule has 0 unspecified atom stereocenters. The van der Waals surface area contributed by atoms with E-state index < -0.39 is 18.5 Å². The Morgan fingerprint density at radius 1 is 1.06 bits per heavy atom. The third-order valence-corrected chi connectivity index (χ3v) is 4.67. The Morgan fingerprint density at radius 2 is 1.82 bits per heavy atom. The van der Waals surface area contributed by atoms with Gasteiger partial charge in [0.15, 0.2) is 6.61 Å². The van der Waals surface area contributed by atoms with Crippen molar-refractivity contribution in [2.75, 3.05) is 25.2 Å². The van der Waals surface area contributed by atoms with E-state index in [1.54, 1.807) is 66.7 Å². The lowest BCUT2D eigenvalue weighted by Gasteiger charge is -2.20. The van der Waals surface area contributed by atoms with Crippen molar-refractivity contribution in [3.05, 3.63) is 96.5 Å². The highest BCUT2D eigenvalue weighted by Gasteiger charge is 2.20. The largest absolute Gasteiger partial charge is 0.490 e. The molecule has 3 aromatic rings. The number of nitrogens with zero attached hydrogens (tertiary/aromatic N) is 1. The first-order chi connectivity index (χ1) is 16.0. The van der Waals surface area contributed by atoms with Crippen LogP contribution in [-0.2, 0) is 16.1 Å². The summed E-state index contributed by atoms with van der Waals surface area (Å²) in [6.45, 7) is 3.66. The first kappa shape index (κ1) is 23.3. The summed E-state index contributed by atoms with van der Waals surface area (Å²) < 4.78 is 15.7. The average molecular weight is 448 g/mol. The van der Waals surface area contributed by atoms with Crippen LogP contribution >= 0.6 is 0 Å². The highest BCUT2D eigenvalue weighted by Crippen LogP contribution is 2.20. The summed E-state index contributed by atoms with van der Waals surface area (Å²) in [7, 11) is 1.51. The molecule has 33 heavy (non-hydrogen) atoms. The van der Waals surface area contributed by atoms with Gasteiger partial charge in [-0.15, -0.1) is 0 Å². The van der Waals surface area contributed by atoms with Crippen molar-refractivity contribution < 1.29 is 28.3 Å². The Bertz CT molecular complexity index is 1110. The zero-order chi connectivity index (χ0) is 23.6. The highest BCUT2D eigenvalue weighted by molar-refractivity contribution is 6.05. The number of likely N-dealkylation sites (N-methyl/N-ethyl adjacent to an activating group) is 1. The molecule has 8 nitrogen and oxygen atoms in total. The number of benzene rings is 2. The molecular weight excluding hydrogens is 424 g/mol. The number of ether oxygens (including phenoxy) is 2. The van der Waals surface area contributed by atoms with Crippen LogP contribution in [0, 0.1) is 0 Å². The predicted octanol–water partition coefficient (Wildman–Crippen LogP) is 3.59. The van der Waals surface area contributed by atoms with Gasteiger partial charge in [-0.05, 0) is 48.5 Å². The minimum atomic E-state index is -0.642. The maximum absolute atomic E-state index is 12.6. The molecule has 1 heterocycles. The van der Waals surface area contributed by atoms with E-state index >= 15 is 0 Å². The van der Waals surface area contributed by atoms with Crippen LogP contribution in [0.15, 0.2) is 84.0 Å². The van der Waals surface area contributed by atoms with E-state index in [1.807, 2.05) is 0 Å². The van der Waals surface area contributed by atoms with Crippen molar-refractivity contribution in [3.8, 4) is 5.75 Å². The molecule has 1 aromatic heterocycles. The molecule has 0 radical (unpaired) electrons. The lowest BCUT2D eigenvalue weighted by Crippen LogP contribution is -2.33. The molecule has 0 fully saturated rings. The van der Waals surface area contributed by atoms with E-state index in [2.05, 4.69) is 11.9 Å². The van der Waals surface area contributed by atoms with Gasteiger partial charge in [-0.1, -0.05) is 24.8 Å². The molecule has 0 saturated carbocycles. The topological polar surface area (TPSA) is 98.1 Å². The zero-order valence-corrected chi connectivity index (χ0v) is 18.2. The van der Waals surface area contributed by atoms with Gasteiger partial charge in [0.25, 0.3) is 11.8 Å². The SMILES string of the molecule is C=CCOc1ccc(C(=O)OCC(=O)N(C)c2ccccc2C(=O)NCc2ccco2)cc1. The quantitative estimate of drug-likeness (QED) is 0.376. The summed E-state index contributed by atoms with van der Waals surface area (Å²) in [5.74, 6) is -0.295. The smallest absolute Gasteiger partial charge is 0.338 e. The summed E-state index contributed by atoms with van der Waals surface area (Å²) in [5, 5.41) is 2.75. The molecule has 0 bridgehead atoms. The third kappa shape index (κ3) is 6.33. The number of anilines is 1. The number of amides is 2. The Hall–Kier alpha value is -4.33. The molecule has 2 aromatic carbocycles. The molecule has 0 aliphatic rings. The summed E-state index contributed by atoms with van der Waals surface area (Å²) in [6.07, 6.45) is 3.14. The number of rotatable bonds is 10. The molecule has 8 heteroatoms. The standard InChI is InChI=1S/C25H24N2O6/c1-3-14-31-19-12-10-18(11-13-19)25(30)33-17-23(28)27(2)22-9-5-4-8-21(22)24(29)26-16-20-7-6-15-32-20/h3-13,15H,1,14,16-17H2,2H3,(H,26,29). The van der Waals surface area contributed by atoms with Gasteiger partial charge in [-0.3, -0.25) is 9.59 Å². The molecule has 0 aliphatic carbocycles. The van der Waals surface area contributed by atoms with Crippen LogP contribution in [-0.4, -0.2) is 38.0 Å². The van der Waals surface area contributed by atoms with Crippen molar-refractivity contribution in [1.82, 2.24) is 5.32 Å². The number of hydrogen-bond acceptors (Lipinski definition) is 6.